The van der Waals surface area contributed by atoms with E-state index < -0.39 is 4.92 Å². The second kappa shape index (κ2) is 5.86. The van der Waals surface area contributed by atoms with Gasteiger partial charge >= 0.3 is 0 Å². The largest absolute Gasteiger partial charge is 0.475 e. The number of rotatable bonds is 6. The number of aromatic nitrogens is 1. The highest BCUT2D eigenvalue weighted by Crippen LogP contribution is 2.21. The van der Waals surface area contributed by atoms with Gasteiger partial charge in [-0.15, -0.1) is 0 Å². The molecule has 1 heterocycles. The minimum Gasteiger partial charge on any atom is -0.475 e. The molecule has 0 bridgehead atoms. The highest BCUT2D eigenvalue weighted by molar-refractivity contribution is 5.48. The van der Waals surface area contributed by atoms with Crippen LogP contribution in [0.25, 0.3) is 0 Å². The highest BCUT2D eigenvalue weighted by atomic mass is 16.6. The van der Waals surface area contributed by atoms with E-state index in [2.05, 4.69) is 10.3 Å². The molecule has 0 aliphatic rings. The third-order valence-corrected chi connectivity index (χ3v) is 1.70. The normalized spacial score (nSPS) is 9.88. The van der Waals surface area contributed by atoms with E-state index in [9.17, 15) is 10.1 Å². The summed E-state index contributed by atoms with van der Waals surface area (Å²) in [5.41, 5.74) is -0.0983. The van der Waals surface area contributed by atoms with Crippen molar-refractivity contribution in [2.75, 3.05) is 25.1 Å². The third kappa shape index (κ3) is 3.35. The number of nitrogens with zero attached hydrogens (tertiary/aromatic N) is 2. The van der Waals surface area contributed by atoms with Crippen LogP contribution in [0.1, 0.15) is 6.92 Å². The van der Waals surface area contributed by atoms with Crippen molar-refractivity contribution in [3.63, 3.8) is 0 Å². The number of ether oxygens (including phenoxy) is 1. The van der Waals surface area contributed by atoms with Gasteiger partial charge in [0.25, 0.3) is 5.69 Å². The second-order valence-electron chi connectivity index (χ2n) is 2.91. The zero-order valence-corrected chi connectivity index (χ0v) is 8.84. The van der Waals surface area contributed by atoms with Crippen LogP contribution in [0.2, 0.25) is 0 Å². The number of nitrogens with one attached hydrogen (secondary N) is 1. The van der Waals surface area contributed by atoms with Gasteiger partial charge in [0.2, 0.25) is 5.88 Å². The second-order valence-corrected chi connectivity index (χ2v) is 2.91. The maximum atomic E-state index is 10.6. The van der Waals surface area contributed by atoms with E-state index in [0.29, 0.717) is 12.4 Å². The van der Waals surface area contributed by atoms with E-state index in [-0.39, 0.29) is 24.8 Å². The summed E-state index contributed by atoms with van der Waals surface area (Å²) in [7, 11) is 0. The molecule has 1 rings (SSSR count). The van der Waals surface area contributed by atoms with Crippen LogP contribution in [0.15, 0.2) is 12.1 Å². The summed E-state index contributed by atoms with van der Waals surface area (Å²) in [5, 5.41) is 22.1. The zero-order chi connectivity index (χ0) is 12.0. The fraction of sp³-hybridized carbons (Fsp3) is 0.444. The number of aliphatic hydroxyl groups excluding tert-OH is 1. The van der Waals surface area contributed by atoms with Gasteiger partial charge in [-0.05, 0) is 6.92 Å². The number of hydrogen-bond acceptors (Lipinski definition) is 6. The molecule has 0 saturated heterocycles. The van der Waals surface area contributed by atoms with E-state index in [1.807, 2.05) is 6.92 Å². The van der Waals surface area contributed by atoms with Crippen LogP contribution in [0, 0.1) is 10.1 Å². The van der Waals surface area contributed by atoms with Gasteiger partial charge in [-0.1, -0.05) is 0 Å². The van der Waals surface area contributed by atoms with Crippen molar-refractivity contribution >= 4 is 11.5 Å². The molecule has 16 heavy (non-hydrogen) atoms. The van der Waals surface area contributed by atoms with Crippen LogP contribution < -0.4 is 10.1 Å². The van der Waals surface area contributed by atoms with Gasteiger partial charge in [0.15, 0.2) is 0 Å². The number of anilines is 1. The molecule has 0 aliphatic carbocycles. The molecule has 0 fully saturated rings. The summed E-state index contributed by atoms with van der Waals surface area (Å²) in [4.78, 5) is 14.1. The summed E-state index contributed by atoms with van der Waals surface area (Å²) in [6, 6.07) is 2.55. The van der Waals surface area contributed by atoms with Crippen molar-refractivity contribution in [3.05, 3.63) is 22.2 Å². The van der Waals surface area contributed by atoms with Crippen LogP contribution in [-0.2, 0) is 0 Å². The lowest BCUT2D eigenvalue weighted by Gasteiger charge is -2.06. The highest BCUT2D eigenvalue weighted by Gasteiger charge is 2.11. The predicted octanol–water partition coefficient (Wildman–Crippen LogP) is 0.793. The van der Waals surface area contributed by atoms with Gasteiger partial charge in [0.05, 0.1) is 23.7 Å². The van der Waals surface area contributed by atoms with Gasteiger partial charge < -0.3 is 15.2 Å². The zero-order valence-electron chi connectivity index (χ0n) is 8.84. The van der Waals surface area contributed by atoms with Gasteiger partial charge in [-0.3, -0.25) is 10.1 Å². The van der Waals surface area contributed by atoms with Crippen molar-refractivity contribution in [3.8, 4) is 5.88 Å². The number of hydrogen-bond donors (Lipinski definition) is 2. The molecular weight excluding hydrogens is 214 g/mol. The van der Waals surface area contributed by atoms with E-state index in [1.54, 1.807) is 0 Å². The first-order chi connectivity index (χ1) is 7.67. The average molecular weight is 227 g/mol. The first-order valence-corrected chi connectivity index (χ1v) is 4.81. The first kappa shape index (κ1) is 12.2. The lowest BCUT2D eigenvalue weighted by Crippen LogP contribution is -2.06. The molecule has 1 aromatic heterocycles. The van der Waals surface area contributed by atoms with Crippen LogP contribution in [-0.4, -0.2) is 34.8 Å². The number of nitro groups is 1. The van der Waals surface area contributed by atoms with E-state index in [4.69, 9.17) is 9.84 Å². The molecule has 0 aromatic carbocycles. The standard InChI is InChI=1S/C9H13N3O4/c1-2-10-8-5-7(12(14)15)6-9(11-8)16-4-3-13/h5-6,13H,2-4H2,1H3,(H,10,11). The quantitative estimate of drug-likeness (QED) is 0.550. The molecule has 7 heteroatoms. The van der Waals surface area contributed by atoms with Crippen molar-refractivity contribution in [1.29, 1.82) is 0 Å². The average Bonchev–Trinajstić information content (AvgIpc) is 2.26. The minimum atomic E-state index is -0.520. The van der Waals surface area contributed by atoms with E-state index in [1.165, 1.54) is 12.1 Å². The predicted molar refractivity (Wildman–Crippen MR) is 57.6 cm³/mol. The van der Waals surface area contributed by atoms with Crippen molar-refractivity contribution in [2.24, 2.45) is 0 Å². The molecule has 0 radical (unpaired) electrons. The Hall–Kier alpha value is -1.89. The van der Waals surface area contributed by atoms with Gasteiger partial charge in [0, 0.05) is 6.54 Å². The summed E-state index contributed by atoms with van der Waals surface area (Å²) in [6.07, 6.45) is 0. The Morgan fingerprint density at radius 2 is 2.38 bits per heavy atom. The fourth-order valence-electron chi connectivity index (χ4n) is 1.09. The Morgan fingerprint density at radius 3 is 2.94 bits per heavy atom. The topological polar surface area (TPSA) is 97.5 Å². The molecular formula is C9H13N3O4. The molecule has 0 atom stereocenters. The van der Waals surface area contributed by atoms with Gasteiger partial charge in [0.1, 0.15) is 12.4 Å². The Bertz CT molecular complexity index is 370. The van der Waals surface area contributed by atoms with Crippen LogP contribution in [0.3, 0.4) is 0 Å². The molecule has 0 saturated carbocycles. The monoisotopic (exact) mass is 227 g/mol. The molecule has 88 valence electrons. The molecule has 2 N–H and O–H groups in total. The SMILES string of the molecule is CCNc1cc([N+](=O)[O-])cc(OCCO)n1. The first-order valence-electron chi connectivity index (χ1n) is 4.81. The van der Waals surface area contributed by atoms with Crippen molar-refractivity contribution in [1.82, 2.24) is 4.98 Å². The Labute approximate surface area is 92.2 Å². The number of pyridine rings is 1. The lowest BCUT2D eigenvalue weighted by molar-refractivity contribution is -0.384. The van der Waals surface area contributed by atoms with E-state index in [0.717, 1.165) is 0 Å². The number of aliphatic hydroxyl groups is 1. The van der Waals surface area contributed by atoms with E-state index >= 15 is 0 Å². The minimum absolute atomic E-state index is 0.0553. The third-order valence-electron chi connectivity index (χ3n) is 1.70. The van der Waals surface area contributed by atoms with Crippen molar-refractivity contribution < 1.29 is 14.8 Å². The molecule has 1 aromatic rings. The maximum Gasteiger partial charge on any atom is 0.278 e. The summed E-state index contributed by atoms with van der Waals surface area (Å²) in [5.74, 6) is 0.504. The summed E-state index contributed by atoms with van der Waals surface area (Å²) < 4.78 is 5.03. The lowest BCUT2D eigenvalue weighted by atomic mass is 10.4. The Balaban J connectivity index is 2.93. The molecule has 7 nitrogen and oxygen atoms in total. The van der Waals surface area contributed by atoms with Gasteiger partial charge in [-0.2, -0.15) is 4.98 Å². The van der Waals surface area contributed by atoms with Crippen LogP contribution in [0.5, 0.6) is 5.88 Å². The maximum absolute atomic E-state index is 10.6. The fourth-order valence-corrected chi connectivity index (χ4v) is 1.09. The molecule has 0 spiro atoms. The Morgan fingerprint density at radius 1 is 1.62 bits per heavy atom. The van der Waals surface area contributed by atoms with Gasteiger partial charge in [-0.25, -0.2) is 0 Å². The molecule has 0 amide bonds. The molecule has 0 aliphatic heterocycles. The van der Waals surface area contributed by atoms with Crippen LogP contribution in [0.4, 0.5) is 11.5 Å². The Kier molecular flexibility index (Phi) is 4.46. The van der Waals surface area contributed by atoms with Crippen LogP contribution >= 0.6 is 0 Å². The molecule has 0 unspecified atom stereocenters. The smallest absolute Gasteiger partial charge is 0.278 e. The van der Waals surface area contributed by atoms with Crippen molar-refractivity contribution in [2.45, 2.75) is 6.92 Å². The summed E-state index contributed by atoms with van der Waals surface area (Å²) in [6.45, 7) is 2.35. The summed E-state index contributed by atoms with van der Waals surface area (Å²) >= 11 is 0.